The number of amides is 2. The minimum atomic E-state index is -0.606. The van der Waals surface area contributed by atoms with E-state index in [1.807, 2.05) is 30.3 Å². The first-order valence-corrected chi connectivity index (χ1v) is 12.9. The van der Waals surface area contributed by atoms with Crippen LogP contribution in [-0.4, -0.2) is 37.5 Å². The summed E-state index contributed by atoms with van der Waals surface area (Å²) in [5.74, 6) is -0.200. The standard InChI is InChI=1S/C31H33N3O2/c35-30(26-14-16-32-17-15-26)34-29(21-23-10-12-25-6-2-4-8-28(25)20-23)31(36)33-18-13-22-9-11-24-5-1-3-7-27(24)19-22/h1-12,19-20,26,29,32H,13-18,21H2,(H,33,36)(H,34,35). The molecule has 0 bridgehead atoms. The predicted octanol–water partition coefficient (Wildman–Crippen LogP) is 4.38. The Morgan fingerprint density at radius 2 is 1.36 bits per heavy atom. The third-order valence-electron chi connectivity index (χ3n) is 7.12. The first-order chi connectivity index (χ1) is 17.7. The van der Waals surface area contributed by atoms with Crippen LogP contribution < -0.4 is 16.0 Å². The molecule has 0 aliphatic carbocycles. The van der Waals surface area contributed by atoms with Crippen molar-refractivity contribution in [2.75, 3.05) is 19.6 Å². The Kier molecular flexibility index (Phi) is 7.58. The summed E-state index contributed by atoms with van der Waals surface area (Å²) in [7, 11) is 0. The van der Waals surface area contributed by atoms with Crippen LogP contribution in [0, 0.1) is 5.92 Å². The smallest absolute Gasteiger partial charge is 0.242 e. The van der Waals surface area contributed by atoms with Crippen molar-refractivity contribution >= 4 is 33.4 Å². The van der Waals surface area contributed by atoms with Gasteiger partial charge in [0.25, 0.3) is 0 Å². The van der Waals surface area contributed by atoms with Crippen LogP contribution in [-0.2, 0) is 22.4 Å². The molecule has 3 N–H and O–H groups in total. The minimum absolute atomic E-state index is 0.0213. The first-order valence-electron chi connectivity index (χ1n) is 12.9. The maximum atomic E-state index is 13.3. The molecule has 1 heterocycles. The molecule has 5 heteroatoms. The van der Waals surface area contributed by atoms with Gasteiger partial charge in [0.05, 0.1) is 0 Å². The molecule has 0 spiro atoms. The third kappa shape index (κ3) is 5.92. The second-order valence-corrected chi connectivity index (χ2v) is 9.69. The Morgan fingerprint density at radius 3 is 2.03 bits per heavy atom. The summed E-state index contributed by atoms with van der Waals surface area (Å²) in [6, 6.07) is 28.5. The van der Waals surface area contributed by atoms with Gasteiger partial charge in [-0.15, -0.1) is 0 Å². The van der Waals surface area contributed by atoms with Crippen LogP contribution in [0.2, 0.25) is 0 Å². The van der Waals surface area contributed by atoms with Crippen molar-refractivity contribution in [2.24, 2.45) is 5.92 Å². The highest BCUT2D eigenvalue weighted by molar-refractivity contribution is 5.89. The largest absolute Gasteiger partial charge is 0.354 e. The number of nitrogens with one attached hydrogen (secondary N) is 3. The predicted molar refractivity (Wildman–Crippen MR) is 146 cm³/mol. The summed E-state index contributed by atoms with van der Waals surface area (Å²) in [4.78, 5) is 26.3. The molecular weight excluding hydrogens is 446 g/mol. The van der Waals surface area contributed by atoms with Gasteiger partial charge in [0.1, 0.15) is 6.04 Å². The monoisotopic (exact) mass is 479 g/mol. The highest BCUT2D eigenvalue weighted by atomic mass is 16.2. The number of hydrogen-bond acceptors (Lipinski definition) is 3. The molecule has 1 aliphatic heterocycles. The molecule has 0 saturated carbocycles. The van der Waals surface area contributed by atoms with E-state index >= 15 is 0 Å². The Hall–Kier alpha value is -3.70. The maximum absolute atomic E-state index is 13.3. The van der Waals surface area contributed by atoms with Gasteiger partial charge in [-0.05, 0) is 65.0 Å². The molecule has 5 nitrogen and oxygen atoms in total. The highest BCUT2D eigenvalue weighted by Crippen LogP contribution is 2.18. The fourth-order valence-electron chi connectivity index (χ4n) is 5.03. The number of carbonyl (C=O) groups excluding carboxylic acids is 2. The van der Waals surface area contributed by atoms with Gasteiger partial charge in [0, 0.05) is 18.9 Å². The molecule has 0 aromatic heterocycles. The van der Waals surface area contributed by atoms with Crippen LogP contribution in [0.15, 0.2) is 84.9 Å². The Labute approximate surface area is 212 Å². The van der Waals surface area contributed by atoms with E-state index < -0.39 is 6.04 Å². The summed E-state index contributed by atoms with van der Waals surface area (Å²) in [6.07, 6.45) is 2.81. The van der Waals surface area contributed by atoms with Crippen LogP contribution in [0.1, 0.15) is 24.0 Å². The number of fused-ring (bicyclic) bond motifs is 2. The lowest BCUT2D eigenvalue weighted by atomic mass is 9.95. The van der Waals surface area contributed by atoms with Gasteiger partial charge in [0.2, 0.25) is 11.8 Å². The fourth-order valence-corrected chi connectivity index (χ4v) is 5.03. The van der Waals surface area contributed by atoms with E-state index in [1.165, 1.54) is 16.3 Å². The Bertz CT molecular complexity index is 1360. The molecule has 4 aromatic rings. The zero-order valence-corrected chi connectivity index (χ0v) is 20.5. The average Bonchev–Trinajstić information content (AvgIpc) is 2.93. The number of piperidine rings is 1. The molecule has 36 heavy (non-hydrogen) atoms. The minimum Gasteiger partial charge on any atom is -0.354 e. The van der Waals surface area contributed by atoms with Crippen molar-refractivity contribution in [2.45, 2.75) is 31.7 Å². The molecule has 0 radical (unpaired) electrons. The summed E-state index contributed by atoms with van der Waals surface area (Å²) in [5, 5.41) is 14.2. The van der Waals surface area contributed by atoms with E-state index in [0.717, 1.165) is 48.7 Å². The topological polar surface area (TPSA) is 70.2 Å². The van der Waals surface area contributed by atoms with E-state index in [0.29, 0.717) is 13.0 Å². The van der Waals surface area contributed by atoms with Crippen molar-refractivity contribution in [1.29, 1.82) is 0 Å². The number of benzene rings is 4. The van der Waals surface area contributed by atoms with E-state index in [4.69, 9.17) is 0 Å². The molecule has 4 aromatic carbocycles. The lowest BCUT2D eigenvalue weighted by Gasteiger charge is -2.25. The van der Waals surface area contributed by atoms with Crippen LogP contribution >= 0.6 is 0 Å². The number of hydrogen-bond donors (Lipinski definition) is 3. The number of carbonyl (C=O) groups is 2. The van der Waals surface area contributed by atoms with E-state index in [-0.39, 0.29) is 17.7 Å². The van der Waals surface area contributed by atoms with Crippen LogP contribution in [0.5, 0.6) is 0 Å². The molecule has 1 aliphatic rings. The zero-order chi connectivity index (χ0) is 24.7. The number of rotatable bonds is 8. The van der Waals surface area contributed by atoms with Gasteiger partial charge in [0.15, 0.2) is 0 Å². The van der Waals surface area contributed by atoms with Gasteiger partial charge in [-0.1, -0.05) is 84.9 Å². The molecule has 1 saturated heterocycles. The molecule has 1 unspecified atom stereocenters. The van der Waals surface area contributed by atoms with Crippen LogP contribution in [0.3, 0.4) is 0 Å². The van der Waals surface area contributed by atoms with Crippen molar-refractivity contribution < 1.29 is 9.59 Å². The van der Waals surface area contributed by atoms with E-state index in [2.05, 4.69) is 70.5 Å². The van der Waals surface area contributed by atoms with Gasteiger partial charge >= 0.3 is 0 Å². The normalized spacial score (nSPS) is 15.0. The quantitative estimate of drug-likeness (QED) is 0.351. The fraction of sp³-hybridized carbons (Fsp3) is 0.290. The van der Waals surface area contributed by atoms with Crippen LogP contribution in [0.25, 0.3) is 21.5 Å². The molecule has 5 rings (SSSR count). The van der Waals surface area contributed by atoms with E-state index in [1.54, 1.807) is 0 Å². The molecule has 1 atom stereocenters. The lowest BCUT2D eigenvalue weighted by Crippen LogP contribution is -2.51. The third-order valence-corrected chi connectivity index (χ3v) is 7.12. The second kappa shape index (κ2) is 11.4. The van der Waals surface area contributed by atoms with Crippen LogP contribution in [0.4, 0.5) is 0 Å². The summed E-state index contributed by atoms with van der Waals surface area (Å²) in [5.41, 5.74) is 2.22. The summed E-state index contributed by atoms with van der Waals surface area (Å²) in [6.45, 7) is 2.20. The van der Waals surface area contributed by atoms with Crippen molar-refractivity contribution in [3.05, 3.63) is 96.1 Å². The average molecular weight is 480 g/mol. The van der Waals surface area contributed by atoms with Crippen molar-refractivity contribution in [3.63, 3.8) is 0 Å². The molecule has 1 fully saturated rings. The Morgan fingerprint density at radius 1 is 0.778 bits per heavy atom. The van der Waals surface area contributed by atoms with Gasteiger partial charge in [-0.3, -0.25) is 9.59 Å². The second-order valence-electron chi connectivity index (χ2n) is 9.69. The zero-order valence-electron chi connectivity index (χ0n) is 20.5. The SMILES string of the molecule is O=C(NC(Cc1ccc2ccccc2c1)C(=O)NCCc1ccc2ccccc2c1)C1CCNCC1. The van der Waals surface area contributed by atoms with Gasteiger partial charge < -0.3 is 16.0 Å². The molecule has 184 valence electrons. The maximum Gasteiger partial charge on any atom is 0.242 e. The summed E-state index contributed by atoms with van der Waals surface area (Å²) >= 11 is 0. The lowest BCUT2D eigenvalue weighted by molar-refractivity contribution is -0.131. The van der Waals surface area contributed by atoms with Crippen molar-refractivity contribution in [3.8, 4) is 0 Å². The van der Waals surface area contributed by atoms with E-state index in [9.17, 15) is 9.59 Å². The summed E-state index contributed by atoms with van der Waals surface area (Å²) < 4.78 is 0. The highest BCUT2D eigenvalue weighted by Gasteiger charge is 2.26. The first kappa shape index (κ1) is 24.0. The van der Waals surface area contributed by atoms with Gasteiger partial charge in [-0.25, -0.2) is 0 Å². The van der Waals surface area contributed by atoms with Crippen molar-refractivity contribution in [1.82, 2.24) is 16.0 Å². The van der Waals surface area contributed by atoms with Gasteiger partial charge in [-0.2, -0.15) is 0 Å². The molecule has 2 amide bonds. The Balaban J connectivity index is 1.26. The molecular formula is C31H33N3O2.